The zero-order chi connectivity index (χ0) is 33.5. The van der Waals surface area contributed by atoms with Gasteiger partial charge < -0.3 is 35.1 Å². The SMILES string of the molecule is CCCN(Cc1ncc(-c2ccc(-c3ccc4nc([C@@H]5CCCN5C(=O)C(NC=O)C(C)C)[nH]c4c3)cc2)[nH]1)C(=O)CNC(=O)OC. The molecule has 4 amide bonds. The van der Waals surface area contributed by atoms with Gasteiger partial charge in [0.15, 0.2) is 0 Å². The Morgan fingerprint density at radius 3 is 2.55 bits per heavy atom. The molecule has 1 saturated heterocycles. The van der Waals surface area contributed by atoms with E-state index >= 15 is 0 Å². The van der Waals surface area contributed by atoms with E-state index in [4.69, 9.17) is 4.98 Å². The summed E-state index contributed by atoms with van der Waals surface area (Å²) in [6.07, 6.45) is 4.14. The molecule has 4 N–H and O–H groups in total. The molecule has 1 aliphatic rings. The number of hydrogen-bond acceptors (Lipinski definition) is 7. The smallest absolute Gasteiger partial charge is 0.407 e. The Bertz CT molecular complexity index is 1710. The third kappa shape index (κ3) is 7.62. The second kappa shape index (κ2) is 14.9. The fraction of sp³-hybridized carbons (Fsp3) is 0.412. The number of rotatable bonds is 13. The van der Waals surface area contributed by atoms with Crippen molar-refractivity contribution in [2.75, 3.05) is 26.7 Å². The first-order chi connectivity index (χ1) is 22.7. The van der Waals surface area contributed by atoms with Crippen LogP contribution >= 0.6 is 0 Å². The normalized spacial score (nSPS) is 15.1. The number of amides is 4. The second-order valence-corrected chi connectivity index (χ2v) is 12.0. The number of carbonyl (C=O) groups is 4. The van der Waals surface area contributed by atoms with Gasteiger partial charge in [-0.05, 0) is 54.0 Å². The maximum atomic E-state index is 13.3. The van der Waals surface area contributed by atoms with E-state index in [1.807, 2.05) is 62.1 Å². The van der Waals surface area contributed by atoms with Crippen molar-refractivity contribution in [3.05, 3.63) is 60.3 Å². The zero-order valence-corrected chi connectivity index (χ0v) is 27.2. The van der Waals surface area contributed by atoms with Gasteiger partial charge in [-0.25, -0.2) is 14.8 Å². The summed E-state index contributed by atoms with van der Waals surface area (Å²) in [5.41, 5.74) is 5.55. The first-order valence-corrected chi connectivity index (χ1v) is 16.0. The lowest BCUT2D eigenvalue weighted by Gasteiger charge is -2.29. The molecule has 0 bridgehead atoms. The molecule has 2 aromatic heterocycles. The minimum Gasteiger partial charge on any atom is -0.453 e. The molecule has 2 atom stereocenters. The Balaban J connectivity index is 1.27. The number of H-pyrrole nitrogens is 2. The molecule has 1 unspecified atom stereocenters. The van der Waals surface area contributed by atoms with Crippen LogP contribution in [0.25, 0.3) is 33.4 Å². The quantitative estimate of drug-likeness (QED) is 0.159. The number of nitrogens with zero attached hydrogens (tertiary/aromatic N) is 4. The van der Waals surface area contributed by atoms with Crippen molar-refractivity contribution >= 4 is 35.4 Å². The number of likely N-dealkylation sites (tertiary alicyclic amines) is 1. The Labute approximate surface area is 273 Å². The number of ether oxygens (including phenoxy) is 1. The van der Waals surface area contributed by atoms with Gasteiger partial charge in [-0.15, -0.1) is 0 Å². The molecular weight excluding hydrogens is 600 g/mol. The molecule has 0 spiro atoms. The summed E-state index contributed by atoms with van der Waals surface area (Å²) in [6, 6.07) is 13.5. The maximum Gasteiger partial charge on any atom is 0.407 e. The number of alkyl carbamates (subject to hydrolysis) is 1. The number of hydrogen-bond donors (Lipinski definition) is 4. The number of benzene rings is 2. The molecule has 2 aromatic carbocycles. The summed E-state index contributed by atoms with van der Waals surface area (Å²) in [7, 11) is 1.25. The molecule has 0 radical (unpaired) electrons. The second-order valence-electron chi connectivity index (χ2n) is 12.0. The monoisotopic (exact) mass is 642 g/mol. The summed E-state index contributed by atoms with van der Waals surface area (Å²) in [4.78, 5) is 68.1. The highest BCUT2D eigenvalue weighted by Crippen LogP contribution is 2.34. The molecule has 0 aliphatic carbocycles. The van der Waals surface area contributed by atoms with Gasteiger partial charge in [0.2, 0.25) is 18.2 Å². The van der Waals surface area contributed by atoms with Crippen LogP contribution in [0.4, 0.5) is 4.79 Å². The van der Waals surface area contributed by atoms with Crippen LogP contribution in [0.1, 0.15) is 57.7 Å². The van der Waals surface area contributed by atoms with Crippen LogP contribution in [0.2, 0.25) is 0 Å². The number of nitrogens with one attached hydrogen (secondary N) is 4. The van der Waals surface area contributed by atoms with E-state index in [0.29, 0.717) is 31.9 Å². The van der Waals surface area contributed by atoms with Crippen LogP contribution in [-0.4, -0.2) is 86.8 Å². The highest BCUT2D eigenvalue weighted by molar-refractivity contribution is 5.86. The Hall–Kier alpha value is -5.20. The van der Waals surface area contributed by atoms with Crippen molar-refractivity contribution < 1.29 is 23.9 Å². The Morgan fingerprint density at radius 1 is 1.11 bits per heavy atom. The summed E-state index contributed by atoms with van der Waals surface area (Å²) in [5.74, 6) is 1.07. The Kier molecular flexibility index (Phi) is 10.5. The number of carbonyl (C=O) groups excluding carboxylic acids is 4. The van der Waals surface area contributed by atoms with E-state index in [9.17, 15) is 19.2 Å². The third-order valence-electron chi connectivity index (χ3n) is 8.45. The number of methoxy groups -OCH3 is 1. The molecule has 5 rings (SSSR count). The first-order valence-electron chi connectivity index (χ1n) is 16.0. The lowest BCUT2D eigenvalue weighted by atomic mass is 10.0. The lowest BCUT2D eigenvalue weighted by Crippen LogP contribution is -2.48. The predicted octanol–water partition coefficient (Wildman–Crippen LogP) is 4.15. The highest BCUT2D eigenvalue weighted by Gasteiger charge is 2.36. The van der Waals surface area contributed by atoms with Gasteiger partial charge in [-0.1, -0.05) is 51.1 Å². The lowest BCUT2D eigenvalue weighted by molar-refractivity contribution is -0.137. The topological polar surface area (TPSA) is 165 Å². The van der Waals surface area contributed by atoms with Crippen LogP contribution in [0, 0.1) is 5.92 Å². The van der Waals surface area contributed by atoms with Gasteiger partial charge in [0.25, 0.3) is 0 Å². The van der Waals surface area contributed by atoms with Crippen molar-refractivity contribution in [1.29, 1.82) is 0 Å². The molecule has 1 aliphatic heterocycles. The minimum absolute atomic E-state index is 0.0242. The summed E-state index contributed by atoms with van der Waals surface area (Å²) < 4.78 is 4.55. The number of imidazole rings is 2. The molecule has 4 aromatic rings. The average Bonchev–Trinajstić information content (AvgIpc) is 3.85. The van der Waals surface area contributed by atoms with E-state index in [-0.39, 0.29) is 30.3 Å². The highest BCUT2D eigenvalue weighted by atomic mass is 16.5. The van der Waals surface area contributed by atoms with Crippen LogP contribution in [0.15, 0.2) is 48.7 Å². The van der Waals surface area contributed by atoms with E-state index in [2.05, 4.69) is 36.4 Å². The van der Waals surface area contributed by atoms with Crippen molar-refractivity contribution in [2.45, 2.75) is 58.7 Å². The number of aromatic nitrogens is 4. The van der Waals surface area contributed by atoms with E-state index in [0.717, 1.165) is 58.5 Å². The summed E-state index contributed by atoms with van der Waals surface area (Å²) in [6.45, 7) is 7.13. The largest absolute Gasteiger partial charge is 0.453 e. The standard InChI is InChI=1S/C34H42N8O5/c1-5-14-41(30(44)18-36-34(46)47-4)19-29-35-17-27(38-29)23-10-8-22(9-11-23)24-12-13-25-26(16-24)40-32(39-25)28-7-6-15-42(28)33(45)31(21(2)3)37-20-43/h8-13,16-17,20-21,28,31H,5-7,14-15,18-19H2,1-4H3,(H,35,38)(H,36,46)(H,37,43)(H,39,40)/t28-,31?/m0/s1. The van der Waals surface area contributed by atoms with Gasteiger partial charge in [0, 0.05) is 13.1 Å². The first kappa shape index (κ1) is 33.2. The van der Waals surface area contributed by atoms with Crippen molar-refractivity contribution in [3.63, 3.8) is 0 Å². The summed E-state index contributed by atoms with van der Waals surface area (Å²) >= 11 is 0. The van der Waals surface area contributed by atoms with Crippen molar-refractivity contribution in [3.8, 4) is 22.4 Å². The number of fused-ring (bicyclic) bond motifs is 1. The van der Waals surface area contributed by atoms with Crippen LogP contribution in [0.3, 0.4) is 0 Å². The molecule has 0 saturated carbocycles. The minimum atomic E-state index is -0.651. The molecule has 13 nitrogen and oxygen atoms in total. The van der Waals surface area contributed by atoms with Gasteiger partial charge in [0.1, 0.15) is 24.2 Å². The zero-order valence-electron chi connectivity index (χ0n) is 27.2. The molecule has 3 heterocycles. The maximum absolute atomic E-state index is 13.3. The Morgan fingerprint density at radius 2 is 1.85 bits per heavy atom. The third-order valence-corrected chi connectivity index (χ3v) is 8.45. The molecule has 47 heavy (non-hydrogen) atoms. The van der Waals surface area contributed by atoms with Crippen LogP contribution in [-0.2, 0) is 25.7 Å². The van der Waals surface area contributed by atoms with Crippen molar-refractivity contribution in [1.82, 2.24) is 40.4 Å². The van der Waals surface area contributed by atoms with E-state index in [1.165, 1.54) is 7.11 Å². The fourth-order valence-electron chi connectivity index (χ4n) is 5.99. The molecular formula is C34H42N8O5. The molecule has 1 fully saturated rings. The van der Waals surface area contributed by atoms with Gasteiger partial charge >= 0.3 is 6.09 Å². The van der Waals surface area contributed by atoms with Gasteiger partial charge in [-0.3, -0.25) is 14.4 Å². The van der Waals surface area contributed by atoms with Gasteiger partial charge in [-0.2, -0.15) is 0 Å². The number of aromatic amines is 2. The predicted molar refractivity (Wildman–Crippen MR) is 177 cm³/mol. The van der Waals surface area contributed by atoms with Crippen molar-refractivity contribution in [2.24, 2.45) is 5.92 Å². The molecule has 13 heteroatoms. The van der Waals surface area contributed by atoms with E-state index in [1.54, 1.807) is 11.1 Å². The van der Waals surface area contributed by atoms with Crippen LogP contribution in [0.5, 0.6) is 0 Å². The average molecular weight is 643 g/mol. The summed E-state index contributed by atoms with van der Waals surface area (Å²) in [5, 5.41) is 5.12. The molecule has 248 valence electrons. The van der Waals surface area contributed by atoms with Gasteiger partial charge in [0.05, 0.1) is 42.6 Å². The van der Waals surface area contributed by atoms with E-state index < -0.39 is 12.1 Å². The van der Waals surface area contributed by atoms with Crippen LogP contribution < -0.4 is 10.6 Å². The fourth-order valence-corrected chi connectivity index (χ4v) is 5.99.